The van der Waals surface area contributed by atoms with Crippen molar-refractivity contribution in [2.24, 2.45) is 0 Å². The van der Waals surface area contributed by atoms with Crippen LogP contribution in [0, 0.1) is 0 Å². The molecule has 2 heteroatoms. The van der Waals surface area contributed by atoms with Crippen LogP contribution in [0.2, 0.25) is 0 Å². The molecule has 0 aliphatic carbocycles. The maximum absolute atomic E-state index is 6.05. The zero-order chi connectivity index (χ0) is 20.2. The van der Waals surface area contributed by atoms with Gasteiger partial charge in [-0.1, -0.05) is 122 Å². The maximum atomic E-state index is 6.05. The van der Waals surface area contributed by atoms with Gasteiger partial charge >= 0.3 is 0 Å². The summed E-state index contributed by atoms with van der Waals surface area (Å²) >= 11 is 0. The molecule has 1 atom stereocenters. The predicted octanol–water partition coefficient (Wildman–Crippen LogP) is 6.79. The lowest BCUT2D eigenvalue weighted by atomic mass is 10.1. The molecule has 0 aliphatic heterocycles. The fraction of sp³-hybridized carbons (Fsp3) is 0.111. The van der Waals surface area contributed by atoms with E-state index < -0.39 is 6.29 Å². The van der Waals surface area contributed by atoms with Crippen LogP contribution >= 0.6 is 0 Å². The molecule has 0 saturated carbocycles. The molecular weight excluding hydrogens is 356 g/mol. The largest absolute Gasteiger partial charge is 0.344 e. The molecule has 0 radical (unpaired) electrons. The van der Waals surface area contributed by atoms with Crippen molar-refractivity contribution in [3.8, 4) is 0 Å². The van der Waals surface area contributed by atoms with Gasteiger partial charge < -0.3 is 9.47 Å². The normalized spacial score (nSPS) is 12.4. The second kappa shape index (κ2) is 11.6. The number of hydrogen-bond acceptors (Lipinski definition) is 2. The lowest BCUT2D eigenvalue weighted by Gasteiger charge is -2.19. The summed E-state index contributed by atoms with van der Waals surface area (Å²) in [7, 11) is 0. The van der Waals surface area contributed by atoms with Crippen molar-refractivity contribution in [1.82, 2.24) is 0 Å². The number of hydrogen-bond donors (Lipinski definition) is 0. The van der Waals surface area contributed by atoms with E-state index in [0.29, 0.717) is 13.2 Å². The van der Waals surface area contributed by atoms with Crippen molar-refractivity contribution in [2.75, 3.05) is 13.2 Å². The average Bonchev–Trinajstić information content (AvgIpc) is 2.79. The summed E-state index contributed by atoms with van der Waals surface area (Å²) in [6, 6.07) is 28.3. The fourth-order valence-electron chi connectivity index (χ4n) is 2.92. The van der Waals surface area contributed by atoms with Gasteiger partial charge in [-0.15, -0.1) is 0 Å². The Labute approximate surface area is 173 Å². The van der Waals surface area contributed by atoms with Crippen LogP contribution in [0.1, 0.15) is 28.5 Å². The smallest absolute Gasteiger partial charge is 0.185 e. The van der Waals surface area contributed by atoms with E-state index in [1.54, 1.807) is 0 Å². The van der Waals surface area contributed by atoms with Gasteiger partial charge in [-0.05, 0) is 16.7 Å². The van der Waals surface area contributed by atoms with Crippen LogP contribution < -0.4 is 0 Å². The molecule has 3 rings (SSSR count). The molecule has 0 aromatic heterocycles. The standard InChI is InChI=1S/C27H26O2/c1-2-25-19-9-10-20-26(25)27(28-21-11-17-23-13-5-3-6-14-23)29-22-12-18-24-15-7-4-8-16-24/h2-20,27H,1,21-22H2/b17-11-,18-12+. The van der Waals surface area contributed by atoms with Crippen LogP contribution in [0.4, 0.5) is 0 Å². The average molecular weight is 383 g/mol. The van der Waals surface area contributed by atoms with E-state index in [1.165, 1.54) is 0 Å². The van der Waals surface area contributed by atoms with Crippen LogP contribution in [0.3, 0.4) is 0 Å². The highest BCUT2D eigenvalue weighted by Gasteiger charge is 2.14. The molecule has 3 aromatic carbocycles. The van der Waals surface area contributed by atoms with Crippen molar-refractivity contribution in [2.45, 2.75) is 6.29 Å². The summed E-state index contributed by atoms with van der Waals surface area (Å²) in [6.45, 7) is 4.81. The van der Waals surface area contributed by atoms with E-state index in [9.17, 15) is 0 Å². The highest BCUT2D eigenvalue weighted by atomic mass is 16.7. The van der Waals surface area contributed by atoms with Crippen molar-refractivity contribution < 1.29 is 9.47 Å². The molecule has 0 fully saturated rings. The summed E-state index contributed by atoms with van der Waals surface area (Å²) in [5, 5.41) is 0. The second-order valence-electron chi connectivity index (χ2n) is 6.46. The minimum Gasteiger partial charge on any atom is -0.344 e. The first-order valence-corrected chi connectivity index (χ1v) is 9.74. The third-order valence-corrected chi connectivity index (χ3v) is 4.38. The number of rotatable bonds is 10. The zero-order valence-electron chi connectivity index (χ0n) is 16.5. The highest BCUT2D eigenvalue weighted by Crippen LogP contribution is 2.24. The Morgan fingerprint density at radius 3 is 1.66 bits per heavy atom. The summed E-state index contributed by atoms with van der Waals surface area (Å²) in [5.41, 5.74) is 4.28. The molecular formula is C27H26O2. The molecule has 0 aliphatic rings. The maximum Gasteiger partial charge on any atom is 0.185 e. The van der Waals surface area contributed by atoms with Gasteiger partial charge in [0.05, 0.1) is 13.2 Å². The number of ether oxygens (including phenoxy) is 2. The van der Waals surface area contributed by atoms with Crippen LogP contribution in [-0.2, 0) is 9.47 Å². The van der Waals surface area contributed by atoms with E-state index in [0.717, 1.165) is 22.3 Å². The van der Waals surface area contributed by atoms with Crippen molar-refractivity contribution in [3.05, 3.63) is 126 Å². The molecule has 0 heterocycles. The third kappa shape index (κ3) is 6.72. The van der Waals surface area contributed by atoms with E-state index in [-0.39, 0.29) is 0 Å². The van der Waals surface area contributed by atoms with Crippen molar-refractivity contribution in [1.29, 1.82) is 0 Å². The molecule has 2 nitrogen and oxygen atoms in total. The van der Waals surface area contributed by atoms with Crippen LogP contribution in [0.5, 0.6) is 0 Å². The van der Waals surface area contributed by atoms with E-state index in [1.807, 2.05) is 91.0 Å². The Morgan fingerprint density at radius 1 is 0.655 bits per heavy atom. The highest BCUT2D eigenvalue weighted by molar-refractivity contribution is 5.52. The molecule has 0 N–H and O–H groups in total. The SMILES string of the molecule is C=Cc1ccccc1C(OC/C=C\c1ccccc1)OC/C=C/c1ccccc1. The fourth-order valence-corrected chi connectivity index (χ4v) is 2.92. The molecule has 29 heavy (non-hydrogen) atoms. The van der Waals surface area contributed by atoms with E-state index >= 15 is 0 Å². The molecule has 146 valence electrons. The summed E-state index contributed by atoms with van der Waals surface area (Å²) < 4.78 is 12.1. The minimum atomic E-state index is -0.468. The van der Waals surface area contributed by atoms with Gasteiger partial charge in [-0.2, -0.15) is 0 Å². The minimum absolute atomic E-state index is 0.452. The quantitative estimate of drug-likeness (QED) is 0.359. The first kappa shape index (κ1) is 20.5. The Balaban J connectivity index is 1.64. The molecule has 0 amide bonds. The Hall–Kier alpha value is -3.20. The number of benzene rings is 3. The second-order valence-corrected chi connectivity index (χ2v) is 6.46. The predicted molar refractivity (Wildman–Crippen MR) is 122 cm³/mol. The van der Waals surface area contributed by atoms with Crippen LogP contribution in [0.15, 0.2) is 104 Å². The Bertz CT molecular complexity index is 874. The first-order chi connectivity index (χ1) is 14.4. The molecule has 3 aromatic rings. The molecule has 0 saturated heterocycles. The van der Waals surface area contributed by atoms with Crippen LogP contribution in [-0.4, -0.2) is 13.2 Å². The van der Waals surface area contributed by atoms with Gasteiger partial charge in [0.1, 0.15) is 0 Å². The van der Waals surface area contributed by atoms with Crippen molar-refractivity contribution in [3.63, 3.8) is 0 Å². The van der Waals surface area contributed by atoms with Crippen LogP contribution in [0.25, 0.3) is 18.2 Å². The van der Waals surface area contributed by atoms with Gasteiger partial charge in [-0.25, -0.2) is 0 Å². The van der Waals surface area contributed by atoms with Gasteiger partial charge in [0.2, 0.25) is 0 Å². The lowest BCUT2D eigenvalue weighted by Crippen LogP contribution is -2.11. The zero-order valence-corrected chi connectivity index (χ0v) is 16.5. The first-order valence-electron chi connectivity index (χ1n) is 9.74. The van der Waals surface area contributed by atoms with Gasteiger partial charge in [-0.3, -0.25) is 0 Å². The Kier molecular flexibility index (Phi) is 8.21. The lowest BCUT2D eigenvalue weighted by molar-refractivity contribution is -0.131. The molecule has 0 spiro atoms. The monoisotopic (exact) mass is 382 g/mol. The molecule has 1 unspecified atom stereocenters. The van der Waals surface area contributed by atoms with Gasteiger partial charge in [0.25, 0.3) is 0 Å². The summed E-state index contributed by atoms with van der Waals surface area (Å²) in [5.74, 6) is 0. The summed E-state index contributed by atoms with van der Waals surface area (Å²) in [6.07, 6.45) is 9.46. The van der Waals surface area contributed by atoms with E-state index in [2.05, 4.69) is 30.8 Å². The van der Waals surface area contributed by atoms with E-state index in [4.69, 9.17) is 9.47 Å². The molecule has 0 bridgehead atoms. The topological polar surface area (TPSA) is 18.5 Å². The Morgan fingerprint density at radius 2 is 1.14 bits per heavy atom. The summed E-state index contributed by atoms with van der Waals surface area (Å²) in [4.78, 5) is 0. The van der Waals surface area contributed by atoms with Crippen molar-refractivity contribution >= 4 is 18.2 Å². The van der Waals surface area contributed by atoms with Gasteiger partial charge in [0, 0.05) is 5.56 Å². The third-order valence-electron chi connectivity index (χ3n) is 4.38. The van der Waals surface area contributed by atoms with Gasteiger partial charge in [0.15, 0.2) is 6.29 Å².